The number of carbonyl (C=O) groups excluding carboxylic acids is 3. The second kappa shape index (κ2) is 19.7. The van der Waals surface area contributed by atoms with Crippen LogP contribution >= 0.6 is 0 Å². The normalized spacial score (nSPS) is 20.8. The summed E-state index contributed by atoms with van der Waals surface area (Å²) in [5, 5.41) is 64.8. The first-order valence-corrected chi connectivity index (χ1v) is 19.8. The summed E-state index contributed by atoms with van der Waals surface area (Å²) in [6.07, 6.45) is 7.15. The molecule has 2 aliphatic rings. The summed E-state index contributed by atoms with van der Waals surface area (Å²) in [6, 6.07) is 0. The van der Waals surface area contributed by atoms with Crippen molar-refractivity contribution in [3.8, 4) is 23.0 Å². The summed E-state index contributed by atoms with van der Waals surface area (Å²) >= 11 is 0. The van der Waals surface area contributed by atoms with Crippen molar-refractivity contribution in [1.82, 2.24) is 9.91 Å². The number of hydrazone groups is 1. The van der Waals surface area contributed by atoms with Gasteiger partial charge in [-0.2, -0.15) is 5.10 Å². The minimum atomic E-state index is -1.98. The number of allylic oxidation sites excluding steroid dienone is 2. The number of anilines is 1. The fourth-order valence-corrected chi connectivity index (χ4v) is 7.03. The van der Waals surface area contributed by atoms with Crippen LogP contribution in [-0.4, -0.2) is 130 Å². The lowest BCUT2D eigenvalue weighted by Crippen LogP contribution is -2.41. The SMILES string of the molecule is CC[C@H](O)[C@H](C)[C@@H](O)[C@@H](C)/C=C/C=C(/C)C(=O)Nc1c(/C=N\N2CCN(C)CC2)c(O)c2c3c(c(C)c(O)c2c1O)O[C@](C)(O/C=C/[C@@H](C[C@H](C)OC(C)=O)OC)C3=O. The van der Waals surface area contributed by atoms with Crippen molar-refractivity contribution >= 4 is 40.3 Å². The van der Waals surface area contributed by atoms with Crippen LogP contribution in [0.4, 0.5) is 5.69 Å². The first-order chi connectivity index (χ1) is 27.8. The highest BCUT2D eigenvalue weighted by Crippen LogP contribution is 2.55. The van der Waals surface area contributed by atoms with Gasteiger partial charge in [-0.25, -0.2) is 0 Å². The predicted octanol–water partition coefficient (Wildman–Crippen LogP) is 4.87. The molecule has 2 aromatic carbocycles. The summed E-state index contributed by atoms with van der Waals surface area (Å²) in [4.78, 5) is 41.4. The number of fused-ring (bicyclic) bond motifs is 3. The number of methoxy groups -OCH3 is 1. The zero-order valence-electron chi connectivity index (χ0n) is 35.6. The number of hydrogen-bond acceptors (Lipinski definition) is 15. The van der Waals surface area contributed by atoms with Crippen molar-refractivity contribution in [3.63, 3.8) is 0 Å². The minimum absolute atomic E-state index is 0.0613. The number of piperazine rings is 1. The molecule has 16 heteroatoms. The molecule has 2 aliphatic heterocycles. The molecule has 0 aromatic heterocycles. The van der Waals surface area contributed by atoms with E-state index in [0.29, 0.717) is 25.9 Å². The van der Waals surface area contributed by atoms with E-state index in [-0.39, 0.29) is 56.3 Å². The molecule has 324 valence electrons. The Morgan fingerprint density at radius 2 is 1.68 bits per heavy atom. The van der Waals surface area contributed by atoms with Crippen LogP contribution in [-0.2, 0) is 23.8 Å². The molecule has 2 aromatic rings. The van der Waals surface area contributed by atoms with Gasteiger partial charge in [0.05, 0.1) is 53.0 Å². The van der Waals surface area contributed by atoms with Gasteiger partial charge in [-0.3, -0.25) is 19.4 Å². The fraction of sp³-hybridized carbons (Fsp3) is 0.535. The molecule has 0 bridgehead atoms. The second-order valence-corrected chi connectivity index (χ2v) is 15.5. The van der Waals surface area contributed by atoms with Gasteiger partial charge in [-0.1, -0.05) is 39.0 Å². The monoisotopic (exact) mass is 824 g/mol. The number of carbonyl (C=O) groups is 3. The summed E-state index contributed by atoms with van der Waals surface area (Å²) < 4.78 is 22.5. The predicted molar refractivity (Wildman–Crippen MR) is 223 cm³/mol. The average molecular weight is 825 g/mol. The lowest BCUT2D eigenvalue weighted by molar-refractivity contribution is -0.146. The molecule has 0 saturated carbocycles. The molecule has 0 radical (unpaired) electrons. The summed E-state index contributed by atoms with van der Waals surface area (Å²) in [6.45, 7) is 15.3. The van der Waals surface area contributed by atoms with Gasteiger partial charge in [0.1, 0.15) is 23.4 Å². The number of hydrogen-bond donors (Lipinski definition) is 6. The average Bonchev–Trinajstić information content (AvgIpc) is 3.45. The van der Waals surface area contributed by atoms with E-state index in [1.807, 2.05) is 14.0 Å². The highest BCUT2D eigenvalue weighted by Gasteiger charge is 2.49. The topological polar surface area (TPSA) is 220 Å². The lowest BCUT2D eigenvalue weighted by atomic mass is 9.88. The number of esters is 1. The molecule has 0 spiro atoms. The maximum absolute atomic E-state index is 14.3. The number of amides is 1. The van der Waals surface area contributed by atoms with E-state index in [1.54, 1.807) is 37.9 Å². The Morgan fingerprint density at radius 3 is 2.29 bits per heavy atom. The molecule has 0 unspecified atom stereocenters. The van der Waals surface area contributed by atoms with Crippen LogP contribution in [0.5, 0.6) is 23.0 Å². The number of aliphatic hydroxyl groups is 2. The van der Waals surface area contributed by atoms with Crippen LogP contribution in [0.3, 0.4) is 0 Å². The Labute approximate surface area is 345 Å². The molecule has 16 nitrogen and oxygen atoms in total. The number of aromatic hydroxyl groups is 3. The lowest BCUT2D eigenvalue weighted by Gasteiger charge is -2.30. The third kappa shape index (κ3) is 10.5. The third-order valence-corrected chi connectivity index (χ3v) is 10.9. The van der Waals surface area contributed by atoms with Crippen LogP contribution in [0.2, 0.25) is 0 Å². The first-order valence-electron chi connectivity index (χ1n) is 19.8. The number of ketones is 1. The van der Waals surface area contributed by atoms with E-state index < -0.39 is 65.1 Å². The van der Waals surface area contributed by atoms with Crippen molar-refractivity contribution in [1.29, 1.82) is 0 Å². The fourth-order valence-electron chi connectivity index (χ4n) is 7.03. The Morgan fingerprint density at radius 1 is 1.02 bits per heavy atom. The van der Waals surface area contributed by atoms with Gasteiger partial charge < -0.3 is 54.7 Å². The van der Waals surface area contributed by atoms with Crippen LogP contribution in [0, 0.1) is 18.8 Å². The Hall–Kier alpha value is -5.16. The number of likely N-dealkylation sites (N-methyl/N-ethyl adjacent to an activating group) is 1. The van der Waals surface area contributed by atoms with E-state index in [9.17, 15) is 39.9 Å². The highest BCUT2D eigenvalue weighted by molar-refractivity contribution is 6.23. The summed E-state index contributed by atoms with van der Waals surface area (Å²) in [5.41, 5.74) is -0.316. The third-order valence-electron chi connectivity index (χ3n) is 10.9. The van der Waals surface area contributed by atoms with Gasteiger partial charge in [-0.05, 0) is 40.3 Å². The molecular formula is C43H60N4O12. The molecule has 6 N–H and O–H groups in total. The molecule has 59 heavy (non-hydrogen) atoms. The van der Waals surface area contributed by atoms with Gasteiger partial charge in [0.15, 0.2) is 5.75 Å². The van der Waals surface area contributed by atoms with Crippen LogP contribution in [0.15, 0.2) is 41.2 Å². The molecule has 0 aliphatic carbocycles. The Bertz CT molecular complexity index is 2000. The molecular weight excluding hydrogens is 764 g/mol. The van der Waals surface area contributed by atoms with Crippen molar-refractivity contribution in [2.24, 2.45) is 16.9 Å². The van der Waals surface area contributed by atoms with Crippen molar-refractivity contribution in [2.75, 3.05) is 45.7 Å². The smallest absolute Gasteiger partial charge is 0.312 e. The number of ether oxygens (including phenoxy) is 4. The number of phenols is 3. The van der Waals surface area contributed by atoms with Gasteiger partial charge in [0, 0.05) is 81.9 Å². The van der Waals surface area contributed by atoms with Crippen LogP contribution in [0.25, 0.3) is 10.8 Å². The molecule has 7 atom stereocenters. The maximum Gasteiger partial charge on any atom is 0.312 e. The standard InChI is InChI=1S/C43H60N4O12/c1-11-31(49)26(5)36(50)23(2)13-12-14-24(3)42(55)45-35-30(22-44-47-18-16-46(9)17-19-47)38(52)32-33(39(35)53)37(51)27(6)40-34(32)41(54)43(8,59-40)57-20-15-29(56-10)21-25(4)58-28(7)48/h12-15,20,22-23,25-26,29,31,36,49-53H,11,16-19,21H2,1-10H3,(H,45,55)/b13-12+,20-15+,24-14-,44-22-/t23-,25-,26-,29-,31-,36-,43-/m0/s1. The summed E-state index contributed by atoms with van der Waals surface area (Å²) in [7, 11) is 3.45. The van der Waals surface area contributed by atoms with Crippen LogP contribution < -0.4 is 10.1 Å². The van der Waals surface area contributed by atoms with Gasteiger partial charge >= 0.3 is 11.8 Å². The number of nitrogens with one attached hydrogen (secondary N) is 1. The number of benzene rings is 2. The molecule has 4 rings (SSSR count). The number of phenolic OH excluding ortho intramolecular Hbond substituents is 3. The Balaban J connectivity index is 1.76. The number of Topliss-reactive ketones (excluding diaryl/α,β-unsaturated/α-hetero) is 1. The molecule has 1 saturated heterocycles. The van der Waals surface area contributed by atoms with Crippen molar-refractivity contribution in [3.05, 3.63) is 52.8 Å². The van der Waals surface area contributed by atoms with E-state index >= 15 is 0 Å². The number of rotatable bonds is 17. The zero-order chi connectivity index (χ0) is 43.9. The highest BCUT2D eigenvalue weighted by atomic mass is 16.7. The zero-order valence-corrected chi connectivity index (χ0v) is 35.6. The summed E-state index contributed by atoms with van der Waals surface area (Å²) in [5.74, 6) is -6.33. The second-order valence-electron chi connectivity index (χ2n) is 15.5. The molecule has 1 fully saturated rings. The van der Waals surface area contributed by atoms with E-state index in [0.717, 1.165) is 13.1 Å². The number of nitrogens with zero attached hydrogens (tertiary/aromatic N) is 3. The minimum Gasteiger partial charge on any atom is -0.507 e. The van der Waals surface area contributed by atoms with Crippen molar-refractivity contribution < 1.29 is 58.9 Å². The largest absolute Gasteiger partial charge is 0.507 e. The van der Waals surface area contributed by atoms with E-state index in [2.05, 4.69) is 15.3 Å². The van der Waals surface area contributed by atoms with Crippen molar-refractivity contribution in [2.45, 2.75) is 98.4 Å². The van der Waals surface area contributed by atoms with Crippen LogP contribution in [0.1, 0.15) is 82.8 Å². The molecule has 2 heterocycles. The van der Waals surface area contributed by atoms with E-state index in [1.165, 1.54) is 59.4 Å². The van der Waals surface area contributed by atoms with Gasteiger partial charge in [-0.15, -0.1) is 0 Å². The quantitative estimate of drug-likeness (QED) is 0.0239. The van der Waals surface area contributed by atoms with Gasteiger partial charge in [0.2, 0.25) is 0 Å². The van der Waals surface area contributed by atoms with Gasteiger partial charge in [0.25, 0.3) is 11.7 Å². The first kappa shape index (κ1) is 46.5. The van der Waals surface area contributed by atoms with E-state index in [4.69, 9.17) is 18.9 Å². The maximum atomic E-state index is 14.3. The number of aliphatic hydroxyl groups excluding tert-OH is 2. The Kier molecular flexibility index (Phi) is 15.6. The molecule has 1 amide bonds.